The van der Waals surface area contributed by atoms with Crippen molar-refractivity contribution in [1.82, 2.24) is 0 Å². The molecule has 2 aromatic carbocycles. The molecule has 3 heterocycles. The molecule has 168 valence electrons. The van der Waals surface area contributed by atoms with Crippen molar-refractivity contribution in [2.45, 2.75) is 13.5 Å². The summed E-state index contributed by atoms with van der Waals surface area (Å²) in [5.74, 6) is 1.51. The lowest BCUT2D eigenvalue weighted by molar-refractivity contribution is -0.120. The highest BCUT2D eigenvalue weighted by molar-refractivity contribution is 7.09. The van der Waals surface area contributed by atoms with Crippen LogP contribution in [0.2, 0.25) is 0 Å². The summed E-state index contributed by atoms with van der Waals surface area (Å²) in [6, 6.07) is 16.1. The molecule has 0 aliphatic carbocycles. The SMILES string of the molecule is Cc1cc(=O)oc2cc(OCC(=O)N(Cc3cccs3)c3ccc4c(c3)OCCO4)ccc12. The summed E-state index contributed by atoms with van der Waals surface area (Å²) >= 11 is 1.58. The predicted octanol–water partition coefficient (Wildman–Crippen LogP) is 4.55. The number of anilines is 1. The van der Waals surface area contributed by atoms with Crippen LogP contribution < -0.4 is 24.7 Å². The van der Waals surface area contributed by atoms with Crippen LogP contribution in [0, 0.1) is 6.92 Å². The summed E-state index contributed by atoms with van der Waals surface area (Å²) in [7, 11) is 0. The van der Waals surface area contributed by atoms with Crippen molar-refractivity contribution < 1.29 is 23.4 Å². The third kappa shape index (κ3) is 4.56. The highest BCUT2D eigenvalue weighted by atomic mass is 32.1. The summed E-state index contributed by atoms with van der Waals surface area (Å²) < 4.78 is 22.3. The van der Waals surface area contributed by atoms with Gasteiger partial charge in [-0.25, -0.2) is 4.79 Å². The number of ether oxygens (including phenoxy) is 3. The number of hydrogen-bond donors (Lipinski definition) is 0. The Balaban J connectivity index is 1.38. The zero-order chi connectivity index (χ0) is 22.8. The minimum Gasteiger partial charge on any atom is -0.486 e. The Labute approximate surface area is 193 Å². The number of benzene rings is 2. The van der Waals surface area contributed by atoms with Gasteiger partial charge in [0.1, 0.15) is 24.5 Å². The van der Waals surface area contributed by atoms with E-state index in [0.29, 0.717) is 48.3 Å². The largest absolute Gasteiger partial charge is 0.486 e. The van der Waals surface area contributed by atoms with Crippen LogP contribution in [-0.4, -0.2) is 25.7 Å². The van der Waals surface area contributed by atoms with E-state index >= 15 is 0 Å². The number of carbonyl (C=O) groups is 1. The number of aryl methyl sites for hydroxylation is 1. The summed E-state index contributed by atoms with van der Waals surface area (Å²) in [5, 5.41) is 2.80. The van der Waals surface area contributed by atoms with Crippen LogP contribution >= 0.6 is 11.3 Å². The van der Waals surface area contributed by atoms with Crippen molar-refractivity contribution in [3.05, 3.63) is 80.8 Å². The zero-order valence-corrected chi connectivity index (χ0v) is 18.7. The Morgan fingerprint density at radius 3 is 2.73 bits per heavy atom. The van der Waals surface area contributed by atoms with E-state index in [1.165, 1.54) is 6.07 Å². The van der Waals surface area contributed by atoms with Crippen molar-refractivity contribution in [3.8, 4) is 17.2 Å². The lowest BCUT2D eigenvalue weighted by atomic mass is 10.1. The monoisotopic (exact) mass is 463 g/mol. The van der Waals surface area contributed by atoms with Crippen molar-refractivity contribution in [2.75, 3.05) is 24.7 Å². The van der Waals surface area contributed by atoms with Gasteiger partial charge < -0.3 is 23.5 Å². The van der Waals surface area contributed by atoms with Gasteiger partial charge in [-0.2, -0.15) is 0 Å². The van der Waals surface area contributed by atoms with Gasteiger partial charge in [0.05, 0.1) is 6.54 Å². The molecule has 0 saturated heterocycles. The molecule has 7 nitrogen and oxygen atoms in total. The van der Waals surface area contributed by atoms with Gasteiger partial charge in [0, 0.05) is 34.1 Å². The van der Waals surface area contributed by atoms with E-state index in [-0.39, 0.29) is 12.5 Å². The van der Waals surface area contributed by atoms with E-state index in [9.17, 15) is 9.59 Å². The van der Waals surface area contributed by atoms with Crippen molar-refractivity contribution in [3.63, 3.8) is 0 Å². The average Bonchev–Trinajstić information content (AvgIpc) is 3.34. The molecule has 2 aromatic heterocycles. The van der Waals surface area contributed by atoms with Gasteiger partial charge in [0.25, 0.3) is 5.91 Å². The van der Waals surface area contributed by atoms with Crippen LogP contribution in [0.4, 0.5) is 5.69 Å². The number of carbonyl (C=O) groups excluding carboxylic acids is 1. The van der Waals surface area contributed by atoms with Gasteiger partial charge in [-0.15, -0.1) is 11.3 Å². The van der Waals surface area contributed by atoms with E-state index in [4.69, 9.17) is 18.6 Å². The van der Waals surface area contributed by atoms with Gasteiger partial charge in [-0.3, -0.25) is 4.79 Å². The number of thiophene rings is 1. The first-order valence-electron chi connectivity index (χ1n) is 10.5. The Morgan fingerprint density at radius 1 is 1.06 bits per heavy atom. The smallest absolute Gasteiger partial charge is 0.336 e. The molecule has 1 aliphatic heterocycles. The highest BCUT2D eigenvalue weighted by Gasteiger charge is 2.21. The third-order valence-electron chi connectivity index (χ3n) is 5.32. The van der Waals surface area contributed by atoms with E-state index in [1.54, 1.807) is 28.4 Å². The maximum Gasteiger partial charge on any atom is 0.336 e. The summed E-state index contributed by atoms with van der Waals surface area (Å²) in [6.07, 6.45) is 0. The molecule has 1 amide bonds. The molecular weight excluding hydrogens is 442 g/mol. The minimum absolute atomic E-state index is 0.179. The molecule has 1 aliphatic rings. The fourth-order valence-corrected chi connectivity index (χ4v) is 4.39. The molecule has 0 radical (unpaired) electrons. The topological polar surface area (TPSA) is 78.2 Å². The molecule has 0 saturated carbocycles. The first-order valence-corrected chi connectivity index (χ1v) is 11.3. The molecule has 4 aromatic rings. The van der Waals surface area contributed by atoms with Gasteiger partial charge in [0.2, 0.25) is 0 Å². The summed E-state index contributed by atoms with van der Waals surface area (Å²) in [6.45, 7) is 3.05. The lowest BCUT2D eigenvalue weighted by Gasteiger charge is -2.25. The van der Waals surface area contributed by atoms with Crippen molar-refractivity contribution in [1.29, 1.82) is 0 Å². The van der Waals surface area contributed by atoms with E-state index in [2.05, 4.69) is 0 Å². The van der Waals surface area contributed by atoms with Crippen LogP contribution in [0.1, 0.15) is 10.4 Å². The molecule has 0 bridgehead atoms. The van der Waals surface area contributed by atoms with E-state index < -0.39 is 5.63 Å². The average molecular weight is 464 g/mol. The predicted molar refractivity (Wildman–Crippen MR) is 126 cm³/mol. The summed E-state index contributed by atoms with van der Waals surface area (Å²) in [5.41, 5.74) is 1.52. The lowest BCUT2D eigenvalue weighted by Crippen LogP contribution is -2.34. The van der Waals surface area contributed by atoms with E-state index in [1.807, 2.05) is 48.7 Å². The van der Waals surface area contributed by atoms with Gasteiger partial charge in [-0.1, -0.05) is 6.07 Å². The Morgan fingerprint density at radius 2 is 1.91 bits per heavy atom. The molecule has 0 atom stereocenters. The minimum atomic E-state index is -0.422. The Hall–Kier alpha value is -3.78. The maximum absolute atomic E-state index is 13.2. The van der Waals surface area contributed by atoms with Crippen LogP contribution in [0.25, 0.3) is 11.0 Å². The maximum atomic E-state index is 13.2. The fourth-order valence-electron chi connectivity index (χ4n) is 3.70. The molecule has 0 fully saturated rings. The standard InChI is InChI=1S/C25H21NO6S/c1-16-11-25(28)32-22-13-18(5-6-20(16)22)31-15-24(27)26(14-19-3-2-10-33-19)17-4-7-21-23(12-17)30-9-8-29-21/h2-7,10-13H,8-9,14-15H2,1H3. The Bertz CT molecular complexity index is 1360. The van der Waals surface area contributed by atoms with E-state index in [0.717, 1.165) is 15.8 Å². The fraction of sp³-hybridized carbons (Fsp3) is 0.200. The molecule has 0 unspecified atom stereocenters. The third-order valence-corrected chi connectivity index (χ3v) is 6.18. The molecule has 0 spiro atoms. The van der Waals surface area contributed by atoms with Gasteiger partial charge >= 0.3 is 5.63 Å². The second kappa shape index (κ2) is 8.99. The molecular formula is C25H21NO6S. The highest BCUT2D eigenvalue weighted by Crippen LogP contribution is 2.35. The molecule has 0 N–H and O–H groups in total. The van der Waals surface area contributed by atoms with Gasteiger partial charge in [0.15, 0.2) is 18.1 Å². The first-order chi connectivity index (χ1) is 16.1. The van der Waals surface area contributed by atoms with Crippen molar-refractivity contribution >= 4 is 33.9 Å². The van der Waals surface area contributed by atoms with Crippen LogP contribution in [0.5, 0.6) is 17.2 Å². The molecule has 33 heavy (non-hydrogen) atoms. The number of amides is 1. The van der Waals surface area contributed by atoms with Crippen LogP contribution in [-0.2, 0) is 11.3 Å². The Kier molecular flexibility index (Phi) is 5.75. The quantitative estimate of drug-likeness (QED) is 0.391. The molecule has 8 heteroatoms. The number of hydrogen-bond acceptors (Lipinski definition) is 7. The second-order valence-corrected chi connectivity index (χ2v) is 8.61. The number of nitrogens with zero attached hydrogens (tertiary/aromatic N) is 1. The first kappa shape index (κ1) is 21.1. The van der Waals surface area contributed by atoms with Crippen LogP contribution in [0.15, 0.2) is 69.2 Å². The second-order valence-electron chi connectivity index (χ2n) is 7.58. The molecule has 5 rings (SSSR count). The van der Waals surface area contributed by atoms with Gasteiger partial charge in [-0.05, 0) is 48.2 Å². The number of rotatable bonds is 6. The summed E-state index contributed by atoms with van der Waals surface area (Å²) in [4.78, 5) is 27.6. The van der Waals surface area contributed by atoms with Crippen molar-refractivity contribution in [2.24, 2.45) is 0 Å². The number of fused-ring (bicyclic) bond motifs is 2. The van der Waals surface area contributed by atoms with Crippen LogP contribution in [0.3, 0.4) is 0 Å². The zero-order valence-electron chi connectivity index (χ0n) is 17.9. The normalized spacial score (nSPS) is 12.5.